The summed E-state index contributed by atoms with van der Waals surface area (Å²) in [5, 5.41) is 6.45. The smallest absolute Gasteiger partial charge is 0.234 e. The van der Waals surface area contributed by atoms with Gasteiger partial charge in [-0.3, -0.25) is 4.79 Å². The molecule has 0 atom stereocenters. The van der Waals surface area contributed by atoms with Gasteiger partial charge in [-0.1, -0.05) is 6.07 Å². The van der Waals surface area contributed by atoms with Gasteiger partial charge in [0.25, 0.3) is 0 Å². The van der Waals surface area contributed by atoms with E-state index in [1.54, 1.807) is 23.9 Å². The van der Waals surface area contributed by atoms with Crippen LogP contribution >= 0.6 is 11.8 Å². The minimum absolute atomic E-state index is 0.133. The van der Waals surface area contributed by atoms with Crippen molar-refractivity contribution in [1.29, 1.82) is 0 Å². The number of carbonyl (C=O) groups is 1. The molecule has 0 radical (unpaired) electrons. The van der Waals surface area contributed by atoms with Gasteiger partial charge in [-0.05, 0) is 50.6 Å². The highest BCUT2D eigenvalue weighted by Gasteiger charge is 2.15. The average molecular weight is 282 g/mol. The lowest BCUT2D eigenvalue weighted by Gasteiger charge is -2.21. The van der Waals surface area contributed by atoms with Gasteiger partial charge in [-0.2, -0.15) is 0 Å². The summed E-state index contributed by atoms with van der Waals surface area (Å²) in [5.74, 6) is -0.121. The molecule has 0 saturated carbocycles. The first-order valence-corrected chi connectivity index (χ1v) is 7.58. The molecular formula is C14H19FN2OS. The molecule has 1 heterocycles. The molecule has 19 heavy (non-hydrogen) atoms. The molecule has 5 heteroatoms. The number of aryl methyl sites for hydroxylation is 1. The molecular weight excluding hydrogens is 263 g/mol. The van der Waals surface area contributed by atoms with E-state index in [9.17, 15) is 9.18 Å². The topological polar surface area (TPSA) is 41.1 Å². The van der Waals surface area contributed by atoms with E-state index in [-0.39, 0.29) is 17.4 Å². The molecule has 1 amide bonds. The maximum Gasteiger partial charge on any atom is 0.234 e. The van der Waals surface area contributed by atoms with Crippen molar-refractivity contribution >= 4 is 23.4 Å². The minimum Gasteiger partial charge on any atom is -0.323 e. The quantitative estimate of drug-likeness (QED) is 0.892. The maximum atomic E-state index is 13.6. The van der Waals surface area contributed by atoms with Gasteiger partial charge in [0.05, 0.1) is 11.4 Å². The fraction of sp³-hybridized carbons (Fsp3) is 0.500. The number of benzene rings is 1. The summed E-state index contributed by atoms with van der Waals surface area (Å²) in [7, 11) is 0. The Morgan fingerprint density at radius 2 is 2.21 bits per heavy atom. The van der Waals surface area contributed by atoms with Crippen LogP contribution in [-0.2, 0) is 4.79 Å². The van der Waals surface area contributed by atoms with Crippen LogP contribution in [0.1, 0.15) is 18.4 Å². The van der Waals surface area contributed by atoms with E-state index in [2.05, 4.69) is 10.6 Å². The van der Waals surface area contributed by atoms with Gasteiger partial charge in [0.15, 0.2) is 0 Å². The highest BCUT2D eigenvalue weighted by Crippen LogP contribution is 2.21. The van der Waals surface area contributed by atoms with Crippen LogP contribution in [0.3, 0.4) is 0 Å². The Balaban J connectivity index is 1.80. The molecule has 0 spiro atoms. The molecule has 1 fully saturated rings. The molecule has 0 aliphatic carbocycles. The summed E-state index contributed by atoms with van der Waals surface area (Å²) >= 11 is 1.66. The Labute approximate surface area is 117 Å². The lowest BCUT2D eigenvalue weighted by Crippen LogP contribution is -2.30. The molecule has 3 nitrogen and oxygen atoms in total. The Morgan fingerprint density at radius 1 is 1.47 bits per heavy atom. The maximum absolute atomic E-state index is 13.6. The predicted octanol–water partition coefficient (Wildman–Crippen LogP) is 2.56. The zero-order chi connectivity index (χ0) is 13.7. The van der Waals surface area contributed by atoms with Crippen molar-refractivity contribution in [2.45, 2.75) is 25.0 Å². The third-order valence-electron chi connectivity index (χ3n) is 3.13. The molecule has 1 aliphatic heterocycles. The number of rotatable bonds is 4. The number of thioether (sulfide) groups is 1. The third kappa shape index (κ3) is 4.51. The number of nitrogens with one attached hydrogen (secondary N) is 2. The number of hydrogen-bond acceptors (Lipinski definition) is 3. The summed E-state index contributed by atoms with van der Waals surface area (Å²) in [5.41, 5.74) is 1.11. The first-order valence-electron chi connectivity index (χ1n) is 6.53. The van der Waals surface area contributed by atoms with E-state index in [0.717, 1.165) is 31.5 Å². The summed E-state index contributed by atoms with van der Waals surface area (Å²) < 4.78 is 13.6. The van der Waals surface area contributed by atoms with Gasteiger partial charge in [-0.25, -0.2) is 4.39 Å². The van der Waals surface area contributed by atoms with Gasteiger partial charge < -0.3 is 10.6 Å². The van der Waals surface area contributed by atoms with Crippen molar-refractivity contribution in [3.63, 3.8) is 0 Å². The minimum atomic E-state index is -0.375. The van der Waals surface area contributed by atoms with Gasteiger partial charge in [0.1, 0.15) is 5.82 Å². The van der Waals surface area contributed by atoms with Crippen molar-refractivity contribution in [2.75, 3.05) is 24.2 Å². The van der Waals surface area contributed by atoms with Crippen LogP contribution < -0.4 is 10.6 Å². The Morgan fingerprint density at radius 3 is 2.89 bits per heavy atom. The van der Waals surface area contributed by atoms with Crippen molar-refractivity contribution in [3.8, 4) is 0 Å². The second-order valence-electron chi connectivity index (χ2n) is 4.79. The molecule has 0 aromatic heterocycles. The first-order chi connectivity index (χ1) is 9.15. The van der Waals surface area contributed by atoms with Crippen LogP contribution in [-0.4, -0.2) is 30.0 Å². The van der Waals surface area contributed by atoms with Gasteiger partial charge >= 0.3 is 0 Å². The highest BCUT2D eigenvalue weighted by atomic mass is 32.2. The Hall–Kier alpha value is -1.07. The monoisotopic (exact) mass is 282 g/mol. The predicted molar refractivity (Wildman–Crippen MR) is 78.1 cm³/mol. The van der Waals surface area contributed by atoms with Gasteiger partial charge in [-0.15, -0.1) is 11.8 Å². The summed E-state index contributed by atoms with van der Waals surface area (Å²) in [6.07, 6.45) is 2.19. The number of amides is 1. The number of carbonyl (C=O) groups excluding carboxylic acids is 1. The largest absolute Gasteiger partial charge is 0.323 e. The first kappa shape index (κ1) is 14.3. The van der Waals surface area contributed by atoms with Crippen LogP contribution in [0.4, 0.5) is 10.1 Å². The number of anilines is 1. The van der Waals surface area contributed by atoms with E-state index in [0.29, 0.717) is 11.0 Å². The number of hydrogen-bond donors (Lipinski definition) is 2. The molecule has 104 valence electrons. The van der Waals surface area contributed by atoms with Crippen LogP contribution in [0.15, 0.2) is 18.2 Å². The molecule has 1 aromatic rings. The summed E-state index contributed by atoms with van der Waals surface area (Å²) in [6, 6.07) is 4.83. The van der Waals surface area contributed by atoms with Gasteiger partial charge in [0, 0.05) is 5.25 Å². The molecule has 0 bridgehead atoms. The Bertz CT molecular complexity index is 447. The molecule has 1 aliphatic rings. The summed E-state index contributed by atoms with van der Waals surface area (Å²) in [6.45, 7) is 3.86. The fourth-order valence-electron chi connectivity index (χ4n) is 2.06. The third-order valence-corrected chi connectivity index (χ3v) is 4.51. The molecule has 2 N–H and O–H groups in total. The van der Waals surface area contributed by atoms with Crippen LogP contribution in [0.5, 0.6) is 0 Å². The molecule has 1 aromatic carbocycles. The number of piperidine rings is 1. The zero-order valence-corrected chi connectivity index (χ0v) is 11.9. The van der Waals surface area contributed by atoms with Crippen molar-refractivity contribution in [1.82, 2.24) is 5.32 Å². The second-order valence-corrected chi connectivity index (χ2v) is 6.08. The van der Waals surface area contributed by atoms with Crippen LogP contribution in [0.25, 0.3) is 0 Å². The molecule has 1 saturated heterocycles. The van der Waals surface area contributed by atoms with Crippen molar-refractivity contribution in [2.24, 2.45) is 0 Å². The van der Waals surface area contributed by atoms with E-state index in [1.807, 2.05) is 6.92 Å². The van der Waals surface area contributed by atoms with E-state index < -0.39 is 0 Å². The zero-order valence-electron chi connectivity index (χ0n) is 11.0. The van der Waals surface area contributed by atoms with Crippen LogP contribution in [0, 0.1) is 12.7 Å². The van der Waals surface area contributed by atoms with Crippen molar-refractivity contribution < 1.29 is 9.18 Å². The fourth-order valence-corrected chi connectivity index (χ4v) is 3.09. The van der Waals surface area contributed by atoms with Crippen molar-refractivity contribution in [3.05, 3.63) is 29.6 Å². The SMILES string of the molecule is Cc1ccc(NC(=O)CSC2CCNCC2)c(F)c1. The standard InChI is InChI=1S/C14H19FN2OS/c1-10-2-3-13(12(15)8-10)17-14(18)9-19-11-4-6-16-7-5-11/h2-3,8,11,16H,4-7,9H2,1H3,(H,17,18). The van der Waals surface area contributed by atoms with Gasteiger partial charge in [0.2, 0.25) is 5.91 Å². The molecule has 0 unspecified atom stereocenters. The van der Waals surface area contributed by atoms with E-state index in [4.69, 9.17) is 0 Å². The van der Waals surface area contributed by atoms with E-state index >= 15 is 0 Å². The average Bonchev–Trinajstić information content (AvgIpc) is 2.41. The normalized spacial score (nSPS) is 16.3. The lowest BCUT2D eigenvalue weighted by atomic mass is 10.2. The second kappa shape index (κ2) is 6.91. The van der Waals surface area contributed by atoms with E-state index in [1.165, 1.54) is 6.07 Å². The Kier molecular flexibility index (Phi) is 5.22. The highest BCUT2D eigenvalue weighted by molar-refractivity contribution is 8.00. The molecule has 2 rings (SSSR count). The lowest BCUT2D eigenvalue weighted by molar-refractivity contribution is -0.113. The number of halogens is 1. The summed E-state index contributed by atoms with van der Waals surface area (Å²) in [4.78, 5) is 11.8. The van der Waals surface area contributed by atoms with Crippen LogP contribution in [0.2, 0.25) is 0 Å².